The van der Waals surface area contributed by atoms with Gasteiger partial charge in [0.2, 0.25) is 5.91 Å². The van der Waals surface area contributed by atoms with E-state index in [0.717, 1.165) is 17.3 Å². The summed E-state index contributed by atoms with van der Waals surface area (Å²) in [5, 5.41) is 7.76. The Kier molecular flexibility index (Phi) is 5.35. The average molecular weight is 355 g/mol. The van der Waals surface area contributed by atoms with E-state index < -0.39 is 11.2 Å². The first-order valence-electron chi connectivity index (χ1n) is 7.75. The first-order chi connectivity index (χ1) is 12.2. The molecule has 25 heavy (non-hydrogen) atoms. The molecule has 1 amide bonds. The maximum atomic E-state index is 11.8. The van der Waals surface area contributed by atoms with Gasteiger partial charge in [-0.05, 0) is 36.4 Å². The van der Waals surface area contributed by atoms with Gasteiger partial charge in [-0.25, -0.2) is 0 Å². The third-order valence-corrected chi connectivity index (χ3v) is 4.51. The molecule has 1 atom stereocenters. The van der Waals surface area contributed by atoms with E-state index in [0.29, 0.717) is 23.8 Å². The van der Waals surface area contributed by atoms with Crippen LogP contribution in [0.1, 0.15) is 17.7 Å². The van der Waals surface area contributed by atoms with Gasteiger partial charge in [0.05, 0.1) is 12.2 Å². The minimum absolute atomic E-state index is 0.272. The minimum atomic E-state index is -0.600. The van der Waals surface area contributed by atoms with Gasteiger partial charge in [-0.3, -0.25) is 4.79 Å². The van der Waals surface area contributed by atoms with E-state index in [9.17, 15) is 4.79 Å². The Labute approximate surface area is 149 Å². The molecule has 0 bridgehead atoms. The molecule has 128 valence electrons. The van der Waals surface area contributed by atoms with Crippen LogP contribution in [-0.4, -0.2) is 22.7 Å². The summed E-state index contributed by atoms with van der Waals surface area (Å²) in [5.41, 5.74) is 7.02. The Bertz CT molecular complexity index is 852. The third kappa shape index (κ3) is 4.00. The number of nitrogens with two attached hydrogens (primary N) is 1. The Balaban J connectivity index is 1.85. The molecule has 0 saturated heterocycles. The molecule has 3 rings (SSSR count). The van der Waals surface area contributed by atoms with Gasteiger partial charge in [-0.1, -0.05) is 42.5 Å². The number of primary amides is 1. The normalized spacial score (nSPS) is 11.9. The molecule has 0 saturated carbocycles. The van der Waals surface area contributed by atoms with Crippen molar-refractivity contribution in [3.05, 3.63) is 60.2 Å². The zero-order valence-electron chi connectivity index (χ0n) is 13.6. The predicted molar refractivity (Wildman–Crippen MR) is 95.1 cm³/mol. The highest BCUT2D eigenvalue weighted by Gasteiger charge is 2.23. The quantitative estimate of drug-likeness (QED) is 0.653. The number of thioether (sulfide) groups is 1. The van der Waals surface area contributed by atoms with E-state index in [-0.39, 0.29) is 5.22 Å². The minimum Gasteiger partial charge on any atom is -0.493 e. The predicted octanol–water partition coefficient (Wildman–Crippen LogP) is 3.45. The molecule has 1 aromatic heterocycles. The number of para-hydroxylation sites is 1. The van der Waals surface area contributed by atoms with Crippen LogP contribution in [0.2, 0.25) is 0 Å². The molecule has 3 aromatic rings. The Morgan fingerprint density at radius 1 is 1.16 bits per heavy atom. The van der Waals surface area contributed by atoms with E-state index in [4.69, 9.17) is 14.9 Å². The van der Waals surface area contributed by atoms with Crippen molar-refractivity contribution in [2.75, 3.05) is 6.61 Å². The number of amides is 1. The van der Waals surface area contributed by atoms with E-state index >= 15 is 0 Å². The number of benzene rings is 2. The summed E-state index contributed by atoms with van der Waals surface area (Å²) in [5.74, 6) is 0.535. The lowest BCUT2D eigenvalue weighted by Gasteiger charge is -2.10. The van der Waals surface area contributed by atoms with Gasteiger partial charge in [-0.2, -0.15) is 0 Å². The molecule has 0 aliphatic rings. The molecule has 6 nitrogen and oxygen atoms in total. The van der Waals surface area contributed by atoms with Crippen molar-refractivity contribution < 1.29 is 13.9 Å². The number of rotatable bonds is 7. The summed E-state index contributed by atoms with van der Waals surface area (Å²) >= 11 is 1.13. The highest BCUT2D eigenvalue weighted by atomic mass is 32.2. The fraction of sp³-hybridized carbons (Fsp3) is 0.167. The van der Waals surface area contributed by atoms with Crippen LogP contribution in [-0.2, 0) is 4.79 Å². The van der Waals surface area contributed by atoms with Gasteiger partial charge in [0.25, 0.3) is 11.1 Å². The highest BCUT2D eigenvalue weighted by molar-refractivity contribution is 8.00. The summed E-state index contributed by atoms with van der Waals surface area (Å²) in [6.07, 6.45) is 0. The van der Waals surface area contributed by atoms with Gasteiger partial charge < -0.3 is 14.9 Å². The van der Waals surface area contributed by atoms with Gasteiger partial charge in [0.1, 0.15) is 11.0 Å². The number of hydrogen-bond acceptors (Lipinski definition) is 6. The van der Waals surface area contributed by atoms with Crippen molar-refractivity contribution in [2.45, 2.75) is 17.4 Å². The second-order valence-corrected chi connectivity index (χ2v) is 6.17. The zero-order valence-corrected chi connectivity index (χ0v) is 14.4. The lowest BCUT2D eigenvalue weighted by Crippen LogP contribution is -2.18. The number of aromatic nitrogens is 2. The molecule has 0 spiro atoms. The molecule has 0 radical (unpaired) electrons. The second-order valence-electron chi connectivity index (χ2n) is 5.11. The number of hydrogen-bond donors (Lipinski definition) is 1. The van der Waals surface area contributed by atoms with Crippen LogP contribution < -0.4 is 10.5 Å². The van der Waals surface area contributed by atoms with E-state index in [1.807, 2.05) is 61.5 Å². The Hall–Kier alpha value is -2.80. The standard InChI is InChI=1S/C18H17N3O3S/c1-2-23-14-11-7-6-10-13(14)17-20-21-18(24-17)25-15(16(19)22)12-8-4-3-5-9-12/h3-11,15H,2H2,1H3,(H2,19,22). The molecule has 1 heterocycles. The Morgan fingerprint density at radius 2 is 1.88 bits per heavy atom. The van der Waals surface area contributed by atoms with Crippen LogP contribution in [0.4, 0.5) is 0 Å². The van der Waals surface area contributed by atoms with Crippen molar-refractivity contribution in [1.29, 1.82) is 0 Å². The number of nitrogens with zero attached hydrogens (tertiary/aromatic N) is 2. The molecule has 2 aromatic carbocycles. The molecule has 0 aliphatic heterocycles. The SMILES string of the molecule is CCOc1ccccc1-c1nnc(SC(C(N)=O)c2ccccc2)o1. The van der Waals surface area contributed by atoms with Crippen LogP contribution in [0.5, 0.6) is 5.75 Å². The summed E-state index contributed by atoms with van der Waals surface area (Å²) in [4.78, 5) is 11.8. The van der Waals surface area contributed by atoms with Crippen molar-refractivity contribution >= 4 is 17.7 Å². The van der Waals surface area contributed by atoms with E-state index in [2.05, 4.69) is 10.2 Å². The van der Waals surface area contributed by atoms with Crippen molar-refractivity contribution in [2.24, 2.45) is 5.73 Å². The zero-order chi connectivity index (χ0) is 17.6. The fourth-order valence-electron chi connectivity index (χ4n) is 2.31. The summed E-state index contributed by atoms with van der Waals surface area (Å²) in [7, 11) is 0. The lowest BCUT2D eigenvalue weighted by atomic mass is 10.1. The molecule has 7 heteroatoms. The van der Waals surface area contributed by atoms with Crippen LogP contribution in [0, 0.1) is 0 Å². The molecular formula is C18H17N3O3S. The largest absolute Gasteiger partial charge is 0.493 e. The maximum absolute atomic E-state index is 11.8. The summed E-state index contributed by atoms with van der Waals surface area (Å²) in [6, 6.07) is 16.7. The van der Waals surface area contributed by atoms with Crippen molar-refractivity contribution in [3.63, 3.8) is 0 Å². The van der Waals surface area contributed by atoms with Crippen LogP contribution in [0.3, 0.4) is 0 Å². The summed E-state index contributed by atoms with van der Waals surface area (Å²) in [6.45, 7) is 2.44. The van der Waals surface area contributed by atoms with Gasteiger partial charge in [0.15, 0.2) is 0 Å². The van der Waals surface area contributed by atoms with Crippen LogP contribution in [0.25, 0.3) is 11.5 Å². The molecular weight excluding hydrogens is 338 g/mol. The third-order valence-electron chi connectivity index (χ3n) is 3.40. The highest BCUT2D eigenvalue weighted by Crippen LogP contribution is 2.36. The van der Waals surface area contributed by atoms with E-state index in [1.54, 1.807) is 0 Å². The first kappa shape index (κ1) is 17.0. The fourth-order valence-corrected chi connectivity index (χ4v) is 3.14. The molecule has 0 aliphatic carbocycles. The Morgan fingerprint density at radius 3 is 2.60 bits per heavy atom. The molecule has 1 unspecified atom stereocenters. The molecule has 2 N–H and O–H groups in total. The first-order valence-corrected chi connectivity index (χ1v) is 8.63. The number of carbonyl (C=O) groups is 1. The average Bonchev–Trinajstić information content (AvgIpc) is 3.09. The van der Waals surface area contributed by atoms with E-state index in [1.165, 1.54) is 0 Å². The maximum Gasteiger partial charge on any atom is 0.277 e. The molecule has 0 fully saturated rings. The second kappa shape index (κ2) is 7.85. The van der Waals surface area contributed by atoms with Crippen LogP contribution >= 0.6 is 11.8 Å². The number of ether oxygens (including phenoxy) is 1. The van der Waals surface area contributed by atoms with Gasteiger partial charge >= 0.3 is 0 Å². The lowest BCUT2D eigenvalue weighted by molar-refractivity contribution is -0.117. The summed E-state index contributed by atoms with van der Waals surface area (Å²) < 4.78 is 11.3. The van der Waals surface area contributed by atoms with Crippen molar-refractivity contribution in [3.8, 4) is 17.2 Å². The van der Waals surface area contributed by atoms with Crippen LogP contribution in [0.15, 0.2) is 64.2 Å². The van der Waals surface area contributed by atoms with Gasteiger partial charge in [0, 0.05) is 0 Å². The van der Waals surface area contributed by atoms with Gasteiger partial charge in [-0.15, -0.1) is 10.2 Å². The smallest absolute Gasteiger partial charge is 0.277 e. The number of carbonyl (C=O) groups excluding carboxylic acids is 1. The monoisotopic (exact) mass is 355 g/mol. The topological polar surface area (TPSA) is 91.2 Å². The van der Waals surface area contributed by atoms with Crippen molar-refractivity contribution in [1.82, 2.24) is 10.2 Å².